The zero-order valence-corrected chi connectivity index (χ0v) is 21.7. The average Bonchev–Trinajstić information content (AvgIpc) is 3.11. The van der Waals surface area contributed by atoms with Gasteiger partial charge in [-0.15, -0.1) is 0 Å². The Labute approximate surface area is 220 Å². The zero-order valence-electron chi connectivity index (χ0n) is 18.5. The quantitative estimate of drug-likeness (QED) is 0.172. The average molecular weight is 536 g/mol. The van der Waals surface area contributed by atoms with Crippen molar-refractivity contribution in [3.8, 4) is 0 Å². The van der Waals surface area contributed by atoms with Gasteiger partial charge < -0.3 is 0 Å². The van der Waals surface area contributed by atoms with E-state index in [2.05, 4.69) is 0 Å². The highest BCUT2D eigenvalue weighted by Gasteiger charge is 2.33. The number of carbonyl (C=O) groups excluding carboxylic acids is 1. The molecule has 9 heteroatoms. The van der Waals surface area contributed by atoms with Crippen LogP contribution < -0.4 is 5.56 Å². The SMILES string of the molecule is Cc1ccc(Sc2nc3ccccn3c(=O)c2C=C2SC(=S)N(Cc3ccccc3Cl)C2=O)cc1. The Balaban J connectivity index is 1.56. The Hall–Kier alpha value is -2.91. The lowest BCUT2D eigenvalue weighted by molar-refractivity contribution is -0.122. The van der Waals surface area contributed by atoms with Crippen LogP contribution >= 0.6 is 47.3 Å². The first-order valence-electron chi connectivity index (χ1n) is 10.7. The molecule has 1 fully saturated rings. The third-order valence-electron chi connectivity index (χ3n) is 5.40. The van der Waals surface area contributed by atoms with Crippen molar-refractivity contribution >= 4 is 69.3 Å². The van der Waals surface area contributed by atoms with Crippen LogP contribution in [0.4, 0.5) is 0 Å². The molecule has 5 nitrogen and oxygen atoms in total. The minimum atomic E-state index is -0.260. The number of benzene rings is 2. The van der Waals surface area contributed by atoms with Crippen molar-refractivity contribution in [1.82, 2.24) is 14.3 Å². The molecule has 2 aromatic heterocycles. The molecule has 0 N–H and O–H groups in total. The summed E-state index contributed by atoms with van der Waals surface area (Å²) in [5.41, 5.74) is 2.58. The molecule has 0 radical (unpaired) electrons. The van der Waals surface area contributed by atoms with Crippen molar-refractivity contribution in [2.24, 2.45) is 0 Å². The second-order valence-corrected chi connectivity index (χ2v) is 11.0. The van der Waals surface area contributed by atoms with E-state index in [1.807, 2.05) is 55.5 Å². The standard InChI is InChI=1S/C26H18ClN3O2S3/c1-16-9-11-18(12-10-16)34-23-19(24(31)29-13-5-4-8-22(29)28-23)14-21-25(32)30(26(33)35-21)15-17-6-2-3-7-20(17)27/h2-14H,15H2,1H3. The highest BCUT2D eigenvalue weighted by molar-refractivity contribution is 8.26. The Bertz CT molecular complexity index is 1560. The zero-order chi connectivity index (χ0) is 24.5. The highest BCUT2D eigenvalue weighted by atomic mass is 35.5. The smallest absolute Gasteiger partial charge is 0.266 e. The van der Waals surface area contributed by atoms with Crippen LogP contribution in [0.3, 0.4) is 0 Å². The van der Waals surface area contributed by atoms with Gasteiger partial charge in [0.1, 0.15) is 15.0 Å². The number of aryl methyl sites for hydroxylation is 1. The molecule has 1 amide bonds. The fourth-order valence-corrected chi connectivity index (χ4v) is 5.89. The predicted octanol–water partition coefficient (Wildman–Crippen LogP) is 6.21. The van der Waals surface area contributed by atoms with Crippen LogP contribution in [-0.2, 0) is 11.3 Å². The van der Waals surface area contributed by atoms with Crippen LogP contribution in [0.25, 0.3) is 11.7 Å². The van der Waals surface area contributed by atoms with Gasteiger partial charge in [0.2, 0.25) is 0 Å². The summed E-state index contributed by atoms with van der Waals surface area (Å²) in [5.74, 6) is -0.260. The molecule has 1 aliphatic rings. The van der Waals surface area contributed by atoms with Crippen LogP contribution in [0.1, 0.15) is 16.7 Å². The molecule has 2 aromatic carbocycles. The summed E-state index contributed by atoms with van der Waals surface area (Å²) in [6, 6.07) is 20.7. The maximum atomic E-state index is 13.5. The van der Waals surface area contributed by atoms with Crippen molar-refractivity contribution < 1.29 is 4.79 Å². The van der Waals surface area contributed by atoms with Gasteiger partial charge in [-0.2, -0.15) is 0 Å². The number of halogens is 1. The van der Waals surface area contributed by atoms with Gasteiger partial charge in [-0.05, 0) is 48.9 Å². The summed E-state index contributed by atoms with van der Waals surface area (Å²) in [6.45, 7) is 2.28. The van der Waals surface area contributed by atoms with Crippen molar-refractivity contribution in [2.75, 3.05) is 0 Å². The van der Waals surface area contributed by atoms with E-state index in [-0.39, 0.29) is 18.0 Å². The monoisotopic (exact) mass is 535 g/mol. The van der Waals surface area contributed by atoms with Crippen LogP contribution in [0.5, 0.6) is 0 Å². The van der Waals surface area contributed by atoms with E-state index in [9.17, 15) is 9.59 Å². The molecule has 0 bridgehead atoms. The summed E-state index contributed by atoms with van der Waals surface area (Å²) < 4.78 is 1.90. The minimum Gasteiger partial charge on any atom is -0.288 e. The number of fused-ring (bicyclic) bond motifs is 1. The first-order chi connectivity index (χ1) is 16.9. The summed E-state index contributed by atoms with van der Waals surface area (Å²) in [6.07, 6.45) is 3.28. The molecule has 174 valence electrons. The molecule has 0 spiro atoms. The van der Waals surface area contributed by atoms with Crippen LogP contribution in [-0.4, -0.2) is 24.5 Å². The van der Waals surface area contributed by atoms with Gasteiger partial charge in [0, 0.05) is 16.1 Å². The molecule has 1 aliphatic heterocycles. The Morgan fingerprint density at radius 3 is 2.57 bits per heavy atom. The number of hydrogen-bond acceptors (Lipinski definition) is 6. The minimum absolute atomic E-state index is 0.249. The molecular weight excluding hydrogens is 518 g/mol. The first kappa shape index (κ1) is 23.8. The van der Waals surface area contributed by atoms with E-state index in [0.29, 0.717) is 30.5 Å². The number of carbonyl (C=O) groups is 1. The van der Waals surface area contributed by atoms with Crippen molar-refractivity contribution in [3.63, 3.8) is 0 Å². The van der Waals surface area contributed by atoms with Crippen molar-refractivity contribution in [3.05, 3.63) is 110 Å². The third kappa shape index (κ3) is 4.92. The van der Waals surface area contributed by atoms with E-state index < -0.39 is 0 Å². The molecule has 1 saturated heterocycles. The van der Waals surface area contributed by atoms with Gasteiger partial charge in [-0.3, -0.25) is 18.9 Å². The highest BCUT2D eigenvalue weighted by Crippen LogP contribution is 2.36. The fraction of sp³-hybridized carbons (Fsp3) is 0.0769. The number of pyridine rings is 1. The summed E-state index contributed by atoms with van der Waals surface area (Å²) >= 11 is 14.3. The van der Waals surface area contributed by atoms with Gasteiger partial charge in [0.15, 0.2) is 0 Å². The van der Waals surface area contributed by atoms with E-state index in [1.165, 1.54) is 32.8 Å². The Morgan fingerprint density at radius 2 is 1.80 bits per heavy atom. The largest absolute Gasteiger partial charge is 0.288 e. The molecule has 5 rings (SSSR count). The lowest BCUT2D eigenvalue weighted by Gasteiger charge is -2.15. The van der Waals surface area contributed by atoms with Gasteiger partial charge >= 0.3 is 0 Å². The fourth-order valence-electron chi connectivity index (χ4n) is 3.57. The molecule has 0 aliphatic carbocycles. The number of aromatic nitrogens is 2. The molecule has 4 aromatic rings. The number of nitrogens with zero attached hydrogens (tertiary/aromatic N) is 3. The molecule has 3 heterocycles. The van der Waals surface area contributed by atoms with Crippen molar-refractivity contribution in [1.29, 1.82) is 0 Å². The molecule has 0 saturated carbocycles. The Morgan fingerprint density at radius 1 is 1.06 bits per heavy atom. The lowest BCUT2D eigenvalue weighted by Crippen LogP contribution is -2.27. The summed E-state index contributed by atoms with van der Waals surface area (Å²) in [4.78, 5) is 34.3. The van der Waals surface area contributed by atoms with Crippen molar-refractivity contribution in [2.45, 2.75) is 23.4 Å². The van der Waals surface area contributed by atoms with Gasteiger partial charge in [-0.25, -0.2) is 4.98 Å². The molecule has 0 unspecified atom stereocenters. The second kappa shape index (κ2) is 9.99. The number of rotatable bonds is 5. The van der Waals surface area contributed by atoms with E-state index in [4.69, 9.17) is 28.8 Å². The normalized spacial score (nSPS) is 14.9. The Kier molecular flexibility index (Phi) is 6.80. The second-order valence-electron chi connectivity index (χ2n) is 7.84. The molecular formula is C26H18ClN3O2S3. The predicted molar refractivity (Wildman–Crippen MR) is 147 cm³/mol. The third-order valence-corrected chi connectivity index (χ3v) is 8.16. The van der Waals surface area contributed by atoms with Gasteiger partial charge in [-0.1, -0.05) is 89.3 Å². The molecule has 35 heavy (non-hydrogen) atoms. The van der Waals surface area contributed by atoms with Crippen LogP contribution in [0, 0.1) is 6.92 Å². The topological polar surface area (TPSA) is 54.7 Å². The molecule has 0 atom stereocenters. The van der Waals surface area contributed by atoms with E-state index in [0.717, 1.165) is 16.0 Å². The number of thioether (sulfide) groups is 1. The summed E-state index contributed by atoms with van der Waals surface area (Å²) in [5, 5.41) is 1.10. The van der Waals surface area contributed by atoms with Gasteiger partial charge in [0.05, 0.1) is 17.0 Å². The maximum Gasteiger partial charge on any atom is 0.266 e. The van der Waals surface area contributed by atoms with E-state index >= 15 is 0 Å². The van der Waals surface area contributed by atoms with Crippen LogP contribution in [0.2, 0.25) is 5.02 Å². The van der Waals surface area contributed by atoms with Gasteiger partial charge in [0.25, 0.3) is 11.5 Å². The number of amides is 1. The summed E-state index contributed by atoms with van der Waals surface area (Å²) in [7, 11) is 0. The van der Waals surface area contributed by atoms with Crippen LogP contribution in [0.15, 0.2) is 92.5 Å². The number of thiocarbonyl (C=S) groups is 1. The first-order valence-corrected chi connectivity index (χ1v) is 13.1. The lowest BCUT2D eigenvalue weighted by atomic mass is 10.2. The maximum absolute atomic E-state index is 13.5. The number of hydrogen-bond donors (Lipinski definition) is 0. The van der Waals surface area contributed by atoms with E-state index in [1.54, 1.807) is 30.5 Å².